The van der Waals surface area contributed by atoms with E-state index in [-0.39, 0.29) is 23.8 Å². The fraction of sp³-hybridized carbons (Fsp3) is 0.150. The maximum absolute atomic E-state index is 13.7. The molecule has 152 valence electrons. The topological polar surface area (TPSA) is 85.5 Å². The van der Waals surface area contributed by atoms with Crippen LogP contribution in [0.2, 0.25) is 0 Å². The van der Waals surface area contributed by atoms with Gasteiger partial charge in [-0.1, -0.05) is 0 Å². The summed E-state index contributed by atoms with van der Waals surface area (Å²) in [6, 6.07) is 5.53. The summed E-state index contributed by atoms with van der Waals surface area (Å²) in [5, 5.41) is 0. The van der Waals surface area contributed by atoms with Crippen molar-refractivity contribution in [3.8, 4) is 11.5 Å². The van der Waals surface area contributed by atoms with Crippen molar-refractivity contribution in [2.45, 2.75) is 6.92 Å². The zero-order valence-corrected chi connectivity index (χ0v) is 16.1. The number of ether oxygens (including phenoxy) is 1. The van der Waals surface area contributed by atoms with Gasteiger partial charge in [0, 0.05) is 19.4 Å². The molecule has 0 aliphatic rings. The van der Waals surface area contributed by atoms with Gasteiger partial charge in [-0.2, -0.15) is 0 Å². The van der Waals surface area contributed by atoms with Crippen molar-refractivity contribution in [2.75, 3.05) is 18.6 Å². The molecule has 30 heavy (non-hydrogen) atoms. The van der Waals surface area contributed by atoms with Crippen molar-refractivity contribution >= 4 is 23.3 Å². The number of carbonyl (C=O) groups excluding carboxylic acids is 1. The molecule has 0 fully saturated rings. The summed E-state index contributed by atoms with van der Waals surface area (Å²) >= 11 is 0. The minimum Gasteiger partial charge on any atom is -0.462 e. The maximum atomic E-state index is 13.7. The standard InChI is InChI=1S/C20H16F2N6O2/c1-3-30-20(29)14-9-25-18(15-10-24-17-7-5-13(22)11-28(15)17)26-19(14)27(2)16-6-4-12(21)8-23-16/h4-11H,3H2,1-2H3. The SMILES string of the molecule is CCOC(=O)c1cnc(-c2cnc3ccc(F)cn23)nc1N(C)c1ccc(F)cn1. The number of carbonyl (C=O) groups is 1. The Morgan fingerprint density at radius 3 is 2.60 bits per heavy atom. The molecule has 8 nitrogen and oxygen atoms in total. The average molecular weight is 410 g/mol. The number of hydrogen-bond acceptors (Lipinski definition) is 7. The highest BCUT2D eigenvalue weighted by Crippen LogP contribution is 2.27. The van der Waals surface area contributed by atoms with Gasteiger partial charge in [0.2, 0.25) is 0 Å². The highest BCUT2D eigenvalue weighted by Gasteiger charge is 2.22. The first-order valence-corrected chi connectivity index (χ1v) is 9.00. The third-order valence-electron chi connectivity index (χ3n) is 4.34. The van der Waals surface area contributed by atoms with Crippen molar-refractivity contribution in [1.82, 2.24) is 24.3 Å². The number of halogens is 2. The molecular weight excluding hydrogens is 394 g/mol. The van der Waals surface area contributed by atoms with Crippen molar-refractivity contribution in [2.24, 2.45) is 0 Å². The fourth-order valence-electron chi connectivity index (χ4n) is 2.90. The molecule has 0 atom stereocenters. The molecule has 4 rings (SSSR count). The van der Waals surface area contributed by atoms with Gasteiger partial charge in [0.1, 0.15) is 34.4 Å². The van der Waals surface area contributed by atoms with E-state index in [0.29, 0.717) is 17.2 Å². The van der Waals surface area contributed by atoms with E-state index < -0.39 is 17.6 Å². The number of esters is 1. The minimum absolute atomic E-state index is 0.106. The lowest BCUT2D eigenvalue weighted by molar-refractivity contribution is 0.0526. The molecule has 0 amide bonds. The van der Waals surface area contributed by atoms with Gasteiger partial charge in [-0.15, -0.1) is 0 Å². The molecule has 0 saturated heterocycles. The van der Waals surface area contributed by atoms with Gasteiger partial charge in [0.15, 0.2) is 11.6 Å². The molecule has 0 aliphatic heterocycles. The van der Waals surface area contributed by atoms with E-state index in [9.17, 15) is 13.6 Å². The third kappa shape index (κ3) is 3.54. The van der Waals surface area contributed by atoms with Gasteiger partial charge < -0.3 is 9.64 Å². The predicted octanol–water partition coefficient (Wildman–Crippen LogP) is 3.41. The number of fused-ring (bicyclic) bond motifs is 1. The van der Waals surface area contributed by atoms with E-state index in [0.717, 1.165) is 6.20 Å². The molecule has 0 saturated carbocycles. The molecule has 4 aromatic rings. The monoisotopic (exact) mass is 410 g/mol. The first-order chi connectivity index (χ1) is 14.5. The number of imidazole rings is 1. The second-order valence-electron chi connectivity index (χ2n) is 6.26. The number of nitrogens with zero attached hydrogens (tertiary/aromatic N) is 6. The van der Waals surface area contributed by atoms with Gasteiger partial charge in [-0.3, -0.25) is 4.40 Å². The highest BCUT2D eigenvalue weighted by atomic mass is 19.1. The Bertz CT molecular complexity index is 1230. The average Bonchev–Trinajstić information content (AvgIpc) is 3.16. The summed E-state index contributed by atoms with van der Waals surface area (Å²) in [5.74, 6) is -0.784. The van der Waals surface area contributed by atoms with E-state index in [1.54, 1.807) is 14.0 Å². The Kier molecular flexibility index (Phi) is 5.05. The van der Waals surface area contributed by atoms with E-state index in [1.165, 1.54) is 52.2 Å². The maximum Gasteiger partial charge on any atom is 0.343 e. The van der Waals surface area contributed by atoms with Crippen LogP contribution in [0.1, 0.15) is 17.3 Å². The molecule has 0 bridgehead atoms. The lowest BCUT2D eigenvalue weighted by Crippen LogP contribution is -2.19. The molecule has 0 aromatic carbocycles. The molecule has 4 heterocycles. The van der Waals surface area contributed by atoms with Crippen molar-refractivity contribution in [1.29, 1.82) is 0 Å². The Balaban J connectivity index is 1.86. The largest absolute Gasteiger partial charge is 0.462 e. The van der Waals surface area contributed by atoms with Gasteiger partial charge in [0.05, 0.1) is 19.0 Å². The summed E-state index contributed by atoms with van der Waals surface area (Å²) in [6.45, 7) is 1.86. The van der Waals surface area contributed by atoms with Gasteiger partial charge in [-0.25, -0.2) is 33.5 Å². The quantitative estimate of drug-likeness (QED) is 0.466. The van der Waals surface area contributed by atoms with E-state index in [4.69, 9.17) is 4.74 Å². The zero-order valence-electron chi connectivity index (χ0n) is 16.1. The smallest absolute Gasteiger partial charge is 0.343 e. The van der Waals surface area contributed by atoms with Crippen LogP contribution >= 0.6 is 0 Å². The minimum atomic E-state index is -0.614. The van der Waals surface area contributed by atoms with Crippen LogP contribution in [0.3, 0.4) is 0 Å². The second-order valence-corrected chi connectivity index (χ2v) is 6.26. The Morgan fingerprint density at radius 1 is 1.07 bits per heavy atom. The predicted molar refractivity (Wildman–Crippen MR) is 104 cm³/mol. The molecule has 0 radical (unpaired) electrons. The second kappa shape index (κ2) is 7.82. The number of pyridine rings is 2. The van der Waals surface area contributed by atoms with E-state index in [1.807, 2.05) is 0 Å². The van der Waals surface area contributed by atoms with Crippen LogP contribution in [0.15, 0.2) is 49.1 Å². The lowest BCUT2D eigenvalue weighted by atomic mass is 10.2. The number of rotatable bonds is 5. The summed E-state index contributed by atoms with van der Waals surface area (Å²) < 4.78 is 33.6. The summed E-state index contributed by atoms with van der Waals surface area (Å²) in [6.07, 6.45) is 5.17. The van der Waals surface area contributed by atoms with E-state index >= 15 is 0 Å². The Labute approximate surface area is 169 Å². The van der Waals surface area contributed by atoms with Crippen LogP contribution in [-0.2, 0) is 4.74 Å². The van der Waals surface area contributed by atoms with Crippen LogP contribution in [0.5, 0.6) is 0 Å². The zero-order chi connectivity index (χ0) is 21.3. The fourth-order valence-corrected chi connectivity index (χ4v) is 2.90. The van der Waals surface area contributed by atoms with Crippen LogP contribution in [-0.4, -0.2) is 44.0 Å². The van der Waals surface area contributed by atoms with Crippen LogP contribution in [0, 0.1) is 11.6 Å². The molecule has 4 aromatic heterocycles. The van der Waals surface area contributed by atoms with Gasteiger partial charge >= 0.3 is 5.97 Å². The van der Waals surface area contributed by atoms with Crippen molar-refractivity contribution < 1.29 is 18.3 Å². The highest BCUT2D eigenvalue weighted by molar-refractivity contribution is 5.95. The third-order valence-corrected chi connectivity index (χ3v) is 4.34. The summed E-state index contributed by atoms with van der Waals surface area (Å²) in [5.41, 5.74) is 1.05. The van der Waals surface area contributed by atoms with Gasteiger partial charge in [-0.05, 0) is 31.2 Å². The lowest BCUT2D eigenvalue weighted by Gasteiger charge is -2.20. The number of hydrogen-bond donors (Lipinski definition) is 0. The first-order valence-electron chi connectivity index (χ1n) is 9.00. The molecule has 0 spiro atoms. The van der Waals surface area contributed by atoms with Crippen LogP contribution in [0.25, 0.3) is 17.2 Å². The normalized spacial score (nSPS) is 10.9. The molecular formula is C20H16F2N6O2. The van der Waals surface area contributed by atoms with Gasteiger partial charge in [0.25, 0.3) is 0 Å². The molecule has 10 heteroatoms. The summed E-state index contributed by atoms with van der Waals surface area (Å²) in [4.78, 5) is 30.9. The van der Waals surface area contributed by atoms with Crippen molar-refractivity contribution in [3.05, 3.63) is 66.3 Å². The Morgan fingerprint density at radius 2 is 1.87 bits per heavy atom. The molecule has 0 unspecified atom stereocenters. The van der Waals surface area contributed by atoms with Crippen LogP contribution in [0.4, 0.5) is 20.4 Å². The molecule has 0 aliphatic carbocycles. The number of aromatic nitrogens is 5. The van der Waals surface area contributed by atoms with Crippen molar-refractivity contribution in [3.63, 3.8) is 0 Å². The van der Waals surface area contributed by atoms with E-state index in [2.05, 4.69) is 19.9 Å². The number of anilines is 2. The Hall–Kier alpha value is -3.95. The molecule has 0 N–H and O–H groups in total. The summed E-state index contributed by atoms with van der Waals surface area (Å²) in [7, 11) is 1.63. The first kappa shape index (κ1) is 19.4. The van der Waals surface area contributed by atoms with Crippen LogP contribution < -0.4 is 4.90 Å².